The molecule has 1 unspecified atom stereocenters. The molecule has 1 aromatic rings. The highest BCUT2D eigenvalue weighted by atomic mass is 16.5. The van der Waals surface area contributed by atoms with Gasteiger partial charge >= 0.3 is 0 Å². The molecule has 0 aromatic heterocycles. The van der Waals surface area contributed by atoms with Gasteiger partial charge in [-0.3, -0.25) is 4.79 Å². The summed E-state index contributed by atoms with van der Waals surface area (Å²) in [5, 5.41) is 3.14. The molecule has 2 heterocycles. The van der Waals surface area contributed by atoms with E-state index in [4.69, 9.17) is 4.74 Å². The first-order valence-corrected chi connectivity index (χ1v) is 4.85. The zero-order valence-corrected chi connectivity index (χ0v) is 7.96. The van der Waals surface area contributed by atoms with Crippen LogP contribution in [-0.4, -0.2) is 18.4 Å². The Hall–Kier alpha value is -1.51. The molecule has 1 atom stereocenters. The summed E-state index contributed by atoms with van der Waals surface area (Å²) in [6, 6.07) is 3.76. The van der Waals surface area contributed by atoms with E-state index in [9.17, 15) is 4.79 Å². The molecule has 2 aliphatic rings. The maximum absolute atomic E-state index is 11.4. The second kappa shape index (κ2) is 2.50. The largest absolute Gasteiger partial charge is 0.490 e. The summed E-state index contributed by atoms with van der Waals surface area (Å²) in [7, 11) is 0. The number of hydrogen-bond acceptors (Lipinski definition) is 3. The van der Waals surface area contributed by atoms with E-state index in [1.54, 1.807) is 0 Å². The van der Waals surface area contributed by atoms with Gasteiger partial charge in [0.1, 0.15) is 11.9 Å². The minimum Gasteiger partial charge on any atom is -0.490 e. The van der Waals surface area contributed by atoms with Crippen molar-refractivity contribution in [1.29, 1.82) is 0 Å². The quantitative estimate of drug-likeness (QED) is 0.674. The van der Waals surface area contributed by atoms with Crippen LogP contribution in [-0.2, 0) is 6.42 Å². The number of fused-ring (bicyclic) bond motifs is 3. The van der Waals surface area contributed by atoms with Crippen molar-refractivity contribution < 1.29 is 9.53 Å². The Morgan fingerprint density at radius 2 is 2.36 bits per heavy atom. The molecule has 0 saturated carbocycles. The van der Waals surface area contributed by atoms with Crippen molar-refractivity contribution in [2.24, 2.45) is 0 Å². The Kier molecular flexibility index (Phi) is 1.40. The third kappa shape index (κ3) is 0.895. The number of nitrogens with one attached hydrogen (secondary N) is 1. The molecule has 2 aliphatic heterocycles. The minimum atomic E-state index is 0.183. The molecule has 0 saturated heterocycles. The van der Waals surface area contributed by atoms with E-state index in [-0.39, 0.29) is 11.9 Å². The van der Waals surface area contributed by atoms with Crippen molar-refractivity contribution in [3.05, 3.63) is 23.3 Å². The minimum absolute atomic E-state index is 0.183. The highest BCUT2D eigenvalue weighted by Crippen LogP contribution is 2.38. The lowest BCUT2D eigenvalue weighted by molar-refractivity contribution is 0.101. The predicted octanol–water partition coefficient (Wildman–Crippen LogP) is 1.62. The topological polar surface area (TPSA) is 38.3 Å². The molecule has 0 spiro atoms. The van der Waals surface area contributed by atoms with Gasteiger partial charge < -0.3 is 10.1 Å². The van der Waals surface area contributed by atoms with Crippen molar-refractivity contribution in [2.75, 3.05) is 11.9 Å². The maximum Gasteiger partial charge on any atom is 0.183 e. The molecular weight excluding hydrogens is 178 g/mol. The SMILES string of the molecule is CC1Cc2c(ccc3c2NCC3=O)O1. The zero-order valence-electron chi connectivity index (χ0n) is 7.96. The number of anilines is 1. The Morgan fingerprint density at radius 3 is 3.21 bits per heavy atom. The molecule has 0 fully saturated rings. The lowest BCUT2D eigenvalue weighted by atomic mass is 10.0. The fraction of sp³-hybridized carbons (Fsp3) is 0.364. The van der Waals surface area contributed by atoms with Crippen LogP contribution in [0, 0.1) is 0 Å². The van der Waals surface area contributed by atoms with Crippen LogP contribution < -0.4 is 10.1 Å². The molecule has 1 aromatic carbocycles. The number of Topliss-reactive ketones (excluding diaryl/α,β-unsaturated/α-hetero) is 1. The number of rotatable bonds is 0. The van der Waals surface area contributed by atoms with Gasteiger partial charge in [-0.2, -0.15) is 0 Å². The van der Waals surface area contributed by atoms with Gasteiger partial charge in [-0.15, -0.1) is 0 Å². The lowest BCUT2D eigenvalue weighted by Gasteiger charge is -2.04. The van der Waals surface area contributed by atoms with E-state index >= 15 is 0 Å². The first-order chi connectivity index (χ1) is 6.75. The second-order valence-corrected chi connectivity index (χ2v) is 3.87. The van der Waals surface area contributed by atoms with Crippen LogP contribution >= 0.6 is 0 Å². The standard InChI is InChI=1S/C11H11NO2/c1-6-4-8-10(14-6)3-2-7-9(13)5-12-11(7)8/h2-3,6,12H,4-5H2,1H3. The van der Waals surface area contributed by atoms with Crippen molar-refractivity contribution in [3.63, 3.8) is 0 Å². The number of benzene rings is 1. The van der Waals surface area contributed by atoms with Crippen molar-refractivity contribution >= 4 is 11.5 Å². The Labute approximate surface area is 82.1 Å². The Bertz CT molecular complexity index is 426. The molecule has 0 bridgehead atoms. The summed E-state index contributed by atoms with van der Waals surface area (Å²) in [4.78, 5) is 11.4. The fourth-order valence-electron chi connectivity index (χ4n) is 2.19. The van der Waals surface area contributed by atoms with Gasteiger partial charge in [0.05, 0.1) is 12.2 Å². The third-order valence-electron chi connectivity index (χ3n) is 2.82. The van der Waals surface area contributed by atoms with Gasteiger partial charge in [-0.25, -0.2) is 0 Å². The van der Waals surface area contributed by atoms with Gasteiger partial charge in [0.2, 0.25) is 0 Å². The van der Waals surface area contributed by atoms with Gasteiger partial charge in [0.25, 0.3) is 0 Å². The van der Waals surface area contributed by atoms with Crippen molar-refractivity contribution in [3.8, 4) is 5.75 Å². The van der Waals surface area contributed by atoms with E-state index in [0.717, 1.165) is 23.4 Å². The number of ether oxygens (including phenoxy) is 1. The first kappa shape index (κ1) is 7.85. The van der Waals surface area contributed by atoms with Crippen molar-refractivity contribution in [1.82, 2.24) is 0 Å². The highest BCUT2D eigenvalue weighted by molar-refractivity contribution is 6.09. The average molecular weight is 189 g/mol. The van der Waals surface area contributed by atoms with E-state index in [0.29, 0.717) is 6.54 Å². The smallest absolute Gasteiger partial charge is 0.183 e. The monoisotopic (exact) mass is 189 g/mol. The number of ketones is 1. The first-order valence-electron chi connectivity index (χ1n) is 4.85. The van der Waals surface area contributed by atoms with Gasteiger partial charge in [-0.1, -0.05) is 0 Å². The molecule has 3 nitrogen and oxygen atoms in total. The molecule has 1 N–H and O–H groups in total. The normalized spacial score (nSPS) is 22.6. The Morgan fingerprint density at radius 1 is 1.50 bits per heavy atom. The van der Waals surface area contributed by atoms with E-state index in [2.05, 4.69) is 5.32 Å². The molecule has 14 heavy (non-hydrogen) atoms. The van der Waals surface area contributed by atoms with E-state index in [1.165, 1.54) is 5.56 Å². The summed E-state index contributed by atoms with van der Waals surface area (Å²) in [6.45, 7) is 2.48. The maximum atomic E-state index is 11.4. The second-order valence-electron chi connectivity index (χ2n) is 3.87. The van der Waals surface area contributed by atoms with Crippen LogP contribution in [0.25, 0.3) is 0 Å². The Balaban J connectivity index is 2.19. The van der Waals surface area contributed by atoms with Gasteiger partial charge in [0, 0.05) is 17.5 Å². The number of carbonyl (C=O) groups excluding carboxylic acids is 1. The highest BCUT2D eigenvalue weighted by Gasteiger charge is 2.29. The van der Waals surface area contributed by atoms with Crippen LogP contribution in [0.2, 0.25) is 0 Å². The summed E-state index contributed by atoms with van der Waals surface area (Å²) in [5.74, 6) is 1.11. The molecular formula is C11H11NO2. The molecule has 72 valence electrons. The van der Waals surface area contributed by atoms with Gasteiger partial charge in [0.15, 0.2) is 5.78 Å². The number of hydrogen-bond donors (Lipinski definition) is 1. The van der Waals surface area contributed by atoms with E-state index in [1.807, 2.05) is 19.1 Å². The molecule has 3 heteroatoms. The molecule has 0 amide bonds. The average Bonchev–Trinajstić information content (AvgIpc) is 2.68. The summed E-state index contributed by atoms with van der Waals surface area (Å²) in [5.41, 5.74) is 2.99. The fourth-order valence-corrected chi connectivity index (χ4v) is 2.19. The van der Waals surface area contributed by atoms with Crippen LogP contribution in [0.3, 0.4) is 0 Å². The predicted molar refractivity (Wildman–Crippen MR) is 53.1 cm³/mol. The zero-order chi connectivity index (χ0) is 9.71. The molecule has 0 radical (unpaired) electrons. The summed E-state index contributed by atoms with van der Waals surface area (Å²) in [6.07, 6.45) is 1.13. The van der Waals surface area contributed by atoms with Crippen LogP contribution in [0.4, 0.5) is 5.69 Å². The third-order valence-corrected chi connectivity index (χ3v) is 2.82. The van der Waals surface area contributed by atoms with Crippen LogP contribution in [0.15, 0.2) is 12.1 Å². The van der Waals surface area contributed by atoms with Crippen LogP contribution in [0.1, 0.15) is 22.8 Å². The number of carbonyl (C=O) groups is 1. The lowest BCUT2D eigenvalue weighted by Crippen LogP contribution is -2.05. The summed E-state index contributed by atoms with van der Waals surface area (Å²) < 4.78 is 5.62. The van der Waals surface area contributed by atoms with Gasteiger partial charge in [-0.05, 0) is 19.1 Å². The van der Waals surface area contributed by atoms with Crippen LogP contribution in [0.5, 0.6) is 5.75 Å². The van der Waals surface area contributed by atoms with E-state index < -0.39 is 0 Å². The molecule has 3 rings (SSSR count). The van der Waals surface area contributed by atoms with Crippen molar-refractivity contribution in [2.45, 2.75) is 19.4 Å². The summed E-state index contributed by atoms with van der Waals surface area (Å²) >= 11 is 0. The molecule has 0 aliphatic carbocycles.